The number of aliphatic carboxylic acids is 1. The number of rotatable bonds is 8. The van der Waals surface area contributed by atoms with Crippen molar-refractivity contribution < 1.29 is 19.4 Å². The minimum atomic E-state index is -0.830. The van der Waals surface area contributed by atoms with E-state index in [-0.39, 0.29) is 6.42 Å². The average molecular weight is 334 g/mol. The number of benzene rings is 1. The lowest BCUT2D eigenvalue weighted by atomic mass is 10.1. The lowest BCUT2D eigenvalue weighted by Gasteiger charge is -2.01. The summed E-state index contributed by atoms with van der Waals surface area (Å²) in [5, 5.41) is 12.3. The van der Waals surface area contributed by atoms with Gasteiger partial charge in [-0.05, 0) is 13.3 Å². The molecule has 0 aliphatic heterocycles. The van der Waals surface area contributed by atoms with Crippen LogP contribution < -0.4 is 5.32 Å². The number of thiazole rings is 1. The van der Waals surface area contributed by atoms with Crippen molar-refractivity contribution in [1.29, 1.82) is 0 Å². The number of hydrogen-bond donors (Lipinski definition) is 2. The summed E-state index contributed by atoms with van der Waals surface area (Å²) in [6.45, 7) is 2.54. The van der Waals surface area contributed by atoms with E-state index in [9.17, 15) is 9.59 Å². The molecule has 1 aromatic carbocycles. The second-order valence-corrected chi connectivity index (χ2v) is 5.71. The summed E-state index contributed by atoms with van der Waals surface area (Å²) in [6, 6.07) is 9.41. The monoisotopic (exact) mass is 334 g/mol. The summed E-state index contributed by atoms with van der Waals surface area (Å²) >= 11 is 1.22. The van der Waals surface area contributed by atoms with E-state index in [4.69, 9.17) is 9.84 Å². The molecule has 6 nitrogen and oxygen atoms in total. The van der Waals surface area contributed by atoms with Crippen LogP contribution >= 0.6 is 11.3 Å². The fourth-order valence-electron chi connectivity index (χ4n) is 1.96. The van der Waals surface area contributed by atoms with Crippen molar-refractivity contribution in [3.05, 3.63) is 35.2 Å². The van der Waals surface area contributed by atoms with E-state index in [0.717, 1.165) is 5.56 Å². The smallest absolute Gasteiger partial charge is 0.350 e. The molecule has 23 heavy (non-hydrogen) atoms. The number of anilines is 1. The predicted octanol–water partition coefficient (Wildman–Crippen LogP) is 3.26. The maximum atomic E-state index is 12.1. The van der Waals surface area contributed by atoms with Crippen LogP contribution in [0.1, 0.15) is 29.4 Å². The number of aromatic nitrogens is 1. The van der Waals surface area contributed by atoms with Gasteiger partial charge in [0.05, 0.1) is 12.3 Å². The first-order valence-electron chi connectivity index (χ1n) is 7.31. The lowest BCUT2D eigenvalue weighted by Crippen LogP contribution is -2.04. The second-order valence-electron chi connectivity index (χ2n) is 4.71. The van der Waals surface area contributed by atoms with Crippen molar-refractivity contribution in [2.45, 2.75) is 19.8 Å². The highest BCUT2D eigenvalue weighted by atomic mass is 32.1. The quantitative estimate of drug-likeness (QED) is 0.569. The zero-order valence-electron chi connectivity index (χ0n) is 12.7. The Morgan fingerprint density at radius 1 is 1.30 bits per heavy atom. The largest absolute Gasteiger partial charge is 0.481 e. The molecule has 7 heteroatoms. The van der Waals surface area contributed by atoms with Crippen molar-refractivity contribution >= 4 is 28.4 Å². The van der Waals surface area contributed by atoms with Gasteiger partial charge in [0.2, 0.25) is 0 Å². The second kappa shape index (κ2) is 8.28. The average Bonchev–Trinajstić information content (AvgIpc) is 2.97. The summed E-state index contributed by atoms with van der Waals surface area (Å²) < 4.78 is 5.09. The third-order valence-electron chi connectivity index (χ3n) is 2.98. The zero-order chi connectivity index (χ0) is 16.7. The molecule has 0 bridgehead atoms. The molecular weight excluding hydrogens is 316 g/mol. The standard InChI is InChI=1S/C16H18N2O4S/c1-2-22-15(21)14-13(11-7-4-3-5-8-11)18-16(23-14)17-10-6-9-12(19)20/h3-5,7-8H,2,6,9-10H2,1H3,(H,17,18)(H,19,20). The molecule has 1 heterocycles. The SMILES string of the molecule is CCOC(=O)c1sc(NCCCC(=O)O)nc1-c1ccccc1. The van der Waals surface area contributed by atoms with E-state index in [0.29, 0.717) is 35.3 Å². The number of carboxylic acid groups (broad SMARTS) is 1. The molecule has 0 spiro atoms. The molecule has 0 fully saturated rings. The maximum Gasteiger partial charge on any atom is 0.350 e. The van der Waals surface area contributed by atoms with Gasteiger partial charge in [-0.3, -0.25) is 4.79 Å². The van der Waals surface area contributed by atoms with Crippen LogP contribution in [-0.2, 0) is 9.53 Å². The molecule has 0 saturated heterocycles. The van der Waals surface area contributed by atoms with Crippen molar-refractivity contribution in [2.24, 2.45) is 0 Å². The highest BCUT2D eigenvalue weighted by molar-refractivity contribution is 7.17. The summed E-state index contributed by atoms with van der Waals surface area (Å²) in [7, 11) is 0. The summed E-state index contributed by atoms with van der Waals surface area (Å²) in [4.78, 5) is 27.5. The minimum absolute atomic E-state index is 0.0919. The molecule has 2 rings (SSSR count). The fourth-order valence-corrected chi connectivity index (χ4v) is 2.86. The summed E-state index contributed by atoms with van der Waals surface area (Å²) in [5.74, 6) is -1.23. The third kappa shape index (κ3) is 4.79. The van der Waals surface area contributed by atoms with Crippen molar-refractivity contribution in [3.8, 4) is 11.3 Å². The van der Waals surface area contributed by atoms with Crippen LogP contribution in [0.2, 0.25) is 0 Å². The van der Waals surface area contributed by atoms with Crippen molar-refractivity contribution in [1.82, 2.24) is 4.98 Å². The summed E-state index contributed by atoms with van der Waals surface area (Å²) in [5.41, 5.74) is 1.42. The Morgan fingerprint density at radius 2 is 2.04 bits per heavy atom. The first-order valence-corrected chi connectivity index (χ1v) is 8.12. The highest BCUT2D eigenvalue weighted by Gasteiger charge is 2.20. The van der Waals surface area contributed by atoms with Gasteiger partial charge < -0.3 is 15.2 Å². The molecule has 0 atom stereocenters. The molecular formula is C16H18N2O4S. The van der Waals surface area contributed by atoms with Gasteiger partial charge in [-0.2, -0.15) is 0 Å². The Hall–Kier alpha value is -2.41. The molecule has 2 aromatic rings. The number of ether oxygens (including phenoxy) is 1. The van der Waals surface area contributed by atoms with Gasteiger partial charge in [-0.25, -0.2) is 9.78 Å². The zero-order valence-corrected chi connectivity index (χ0v) is 13.6. The van der Waals surface area contributed by atoms with Crippen LogP contribution in [0.25, 0.3) is 11.3 Å². The topological polar surface area (TPSA) is 88.5 Å². The number of hydrogen-bond acceptors (Lipinski definition) is 6. The molecule has 122 valence electrons. The molecule has 0 aliphatic rings. The van der Waals surface area contributed by atoms with Crippen LogP contribution in [0.4, 0.5) is 5.13 Å². The predicted molar refractivity (Wildman–Crippen MR) is 88.9 cm³/mol. The number of carbonyl (C=O) groups is 2. The Bertz CT molecular complexity index is 670. The van der Waals surface area contributed by atoms with Gasteiger partial charge in [0.15, 0.2) is 5.13 Å². The van der Waals surface area contributed by atoms with Crippen LogP contribution in [0.15, 0.2) is 30.3 Å². The first kappa shape index (κ1) is 17.0. The minimum Gasteiger partial charge on any atom is -0.481 e. The van der Waals surface area contributed by atoms with E-state index < -0.39 is 11.9 Å². The molecule has 0 unspecified atom stereocenters. The number of nitrogens with one attached hydrogen (secondary N) is 1. The molecule has 0 aliphatic carbocycles. The van der Waals surface area contributed by atoms with Gasteiger partial charge in [-0.15, -0.1) is 0 Å². The van der Waals surface area contributed by atoms with E-state index in [2.05, 4.69) is 10.3 Å². The van der Waals surface area contributed by atoms with Crippen LogP contribution in [0.3, 0.4) is 0 Å². The molecule has 0 saturated carbocycles. The van der Waals surface area contributed by atoms with E-state index >= 15 is 0 Å². The Kier molecular flexibility index (Phi) is 6.10. The van der Waals surface area contributed by atoms with Crippen LogP contribution in [0.5, 0.6) is 0 Å². The maximum absolute atomic E-state index is 12.1. The van der Waals surface area contributed by atoms with E-state index in [1.54, 1.807) is 6.92 Å². The van der Waals surface area contributed by atoms with Gasteiger partial charge in [0.25, 0.3) is 0 Å². The lowest BCUT2D eigenvalue weighted by molar-refractivity contribution is -0.137. The number of carboxylic acids is 1. The fraction of sp³-hybridized carbons (Fsp3) is 0.312. The third-order valence-corrected chi connectivity index (χ3v) is 3.97. The molecule has 2 N–H and O–H groups in total. The Balaban J connectivity index is 2.18. The Labute approximate surface area is 138 Å². The van der Waals surface area contributed by atoms with Crippen LogP contribution in [0, 0.1) is 0 Å². The molecule has 0 amide bonds. The molecule has 0 radical (unpaired) electrons. The van der Waals surface area contributed by atoms with Gasteiger partial charge in [0.1, 0.15) is 4.88 Å². The Morgan fingerprint density at radius 3 is 2.70 bits per heavy atom. The molecule has 1 aromatic heterocycles. The van der Waals surface area contributed by atoms with E-state index in [1.165, 1.54) is 11.3 Å². The van der Waals surface area contributed by atoms with E-state index in [1.807, 2.05) is 30.3 Å². The number of carbonyl (C=O) groups excluding carboxylic acids is 1. The normalized spacial score (nSPS) is 10.3. The number of nitrogens with zero attached hydrogens (tertiary/aromatic N) is 1. The van der Waals surface area contributed by atoms with Crippen molar-refractivity contribution in [3.63, 3.8) is 0 Å². The van der Waals surface area contributed by atoms with Gasteiger partial charge in [0, 0.05) is 18.5 Å². The van der Waals surface area contributed by atoms with Crippen LogP contribution in [-0.4, -0.2) is 35.2 Å². The first-order chi connectivity index (χ1) is 11.1. The van der Waals surface area contributed by atoms with Crippen molar-refractivity contribution in [2.75, 3.05) is 18.5 Å². The summed E-state index contributed by atoms with van der Waals surface area (Å²) in [6.07, 6.45) is 0.582. The van der Waals surface area contributed by atoms with Gasteiger partial charge >= 0.3 is 11.9 Å². The highest BCUT2D eigenvalue weighted by Crippen LogP contribution is 2.31. The van der Waals surface area contributed by atoms with Gasteiger partial charge in [-0.1, -0.05) is 41.7 Å². The number of esters is 1.